The molecule has 0 aliphatic heterocycles. The van der Waals surface area contributed by atoms with Gasteiger partial charge in [0, 0.05) is 17.3 Å². The van der Waals surface area contributed by atoms with E-state index < -0.39 is 15.3 Å². The lowest BCUT2D eigenvalue weighted by molar-refractivity contribution is 0.584. The summed E-state index contributed by atoms with van der Waals surface area (Å²) >= 11 is 5.77. The molecular weight excluding hydrogens is 248 g/mol. The number of benzene rings is 1. The topological polar surface area (TPSA) is 58.2 Å². The van der Waals surface area contributed by atoms with Crippen molar-refractivity contribution in [3.05, 3.63) is 29.3 Å². The van der Waals surface area contributed by atoms with Crippen molar-refractivity contribution in [2.75, 3.05) is 18.3 Å². The Labute approximate surface area is 101 Å². The Kier molecular flexibility index (Phi) is 4.58. The molecule has 0 amide bonds. The number of rotatable bonds is 5. The van der Waals surface area contributed by atoms with Crippen molar-refractivity contribution >= 4 is 27.3 Å². The molecule has 1 unspecified atom stereocenters. The van der Waals surface area contributed by atoms with Gasteiger partial charge in [0.25, 0.3) is 0 Å². The van der Waals surface area contributed by atoms with Crippen molar-refractivity contribution in [3.8, 4) is 0 Å². The van der Waals surface area contributed by atoms with E-state index in [4.69, 9.17) is 11.6 Å². The largest absolute Gasteiger partial charge is 0.318 e. The molecule has 0 spiro atoms. The molecule has 90 valence electrons. The van der Waals surface area contributed by atoms with Gasteiger partial charge in [-0.25, -0.2) is 8.42 Å². The van der Waals surface area contributed by atoms with E-state index in [1.165, 1.54) is 0 Å². The number of anilines is 1. The van der Waals surface area contributed by atoms with Gasteiger partial charge in [-0.3, -0.25) is 4.72 Å². The first-order chi connectivity index (χ1) is 7.45. The maximum Gasteiger partial charge on any atom is 0.236 e. The average Bonchev–Trinajstić information content (AvgIpc) is 2.17. The van der Waals surface area contributed by atoms with Crippen LogP contribution in [0.15, 0.2) is 24.3 Å². The Bertz CT molecular complexity index is 448. The molecule has 0 radical (unpaired) electrons. The minimum absolute atomic E-state index is 0.399. The maximum atomic E-state index is 11.8. The van der Waals surface area contributed by atoms with E-state index in [1.54, 1.807) is 38.2 Å². The normalized spacial score (nSPS) is 13.4. The number of nitrogens with one attached hydrogen (secondary N) is 2. The number of sulfonamides is 1. The van der Waals surface area contributed by atoms with Gasteiger partial charge in [-0.15, -0.1) is 0 Å². The highest BCUT2D eigenvalue weighted by molar-refractivity contribution is 7.93. The van der Waals surface area contributed by atoms with Crippen molar-refractivity contribution < 1.29 is 8.42 Å². The molecule has 0 fully saturated rings. The molecule has 0 aromatic heterocycles. The van der Waals surface area contributed by atoms with Crippen molar-refractivity contribution in [1.29, 1.82) is 0 Å². The molecule has 6 heteroatoms. The summed E-state index contributed by atoms with van der Waals surface area (Å²) in [6.07, 6.45) is 0. The zero-order valence-corrected chi connectivity index (χ0v) is 10.8. The minimum atomic E-state index is -3.36. The zero-order chi connectivity index (χ0) is 12.2. The molecule has 1 atom stereocenters. The summed E-state index contributed by atoms with van der Waals surface area (Å²) in [4.78, 5) is 0. The highest BCUT2D eigenvalue weighted by atomic mass is 35.5. The van der Waals surface area contributed by atoms with Crippen LogP contribution < -0.4 is 10.0 Å². The quantitative estimate of drug-likeness (QED) is 0.849. The number of halogens is 1. The van der Waals surface area contributed by atoms with Gasteiger partial charge in [0.2, 0.25) is 10.0 Å². The molecular formula is C10H15ClN2O2S. The SMILES string of the molecule is CNCC(C)S(=O)(=O)Nc1cccc(Cl)c1. The third-order valence-electron chi connectivity index (χ3n) is 2.11. The van der Waals surface area contributed by atoms with Gasteiger partial charge in [-0.05, 0) is 32.2 Å². The smallest absolute Gasteiger partial charge is 0.236 e. The summed E-state index contributed by atoms with van der Waals surface area (Å²) < 4.78 is 26.1. The summed E-state index contributed by atoms with van der Waals surface area (Å²) in [6.45, 7) is 2.04. The Hall–Kier alpha value is -0.780. The van der Waals surface area contributed by atoms with Crippen LogP contribution in [0.2, 0.25) is 5.02 Å². The summed E-state index contributed by atoms with van der Waals surface area (Å²) in [6, 6.07) is 6.63. The van der Waals surface area contributed by atoms with Crippen LogP contribution in [0.1, 0.15) is 6.92 Å². The fourth-order valence-electron chi connectivity index (χ4n) is 1.21. The third-order valence-corrected chi connectivity index (χ3v) is 4.09. The predicted octanol–water partition coefficient (Wildman–Crippen LogP) is 1.69. The summed E-state index contributed by atoms with van der Waals surface area (Å²) in [5, 5.41) is 2.82. The Morgan fingerprint density at radius 3 is 2.69 bits per heavy atom. The summed E-state index contributed by atoms with van der Waals surface area (Å²) in [5.74, 6) is 0. The fraction of sp³-hybridized carbons (Fsp3) is 0.400. The standard InChI is InChI=1S/C10H15ClN2O2S/c1-8(7-12-2)16(14,15)13-10-5-3-4-9(11)6-10/h3-6,8,12-13H,7H2,1-2H3. The number of hydrogen-bond acceptors (Lipinski definition) is 3. The molecule has 0 aliphatic carbocycles. The van der Waals surface area contributed by atoms with E-state index in [9.17, 15) is 8.42 Å². The van der Waals surface area contributed by atoms with Gasteiger partial charge < -0.3 is 5.32 Å². The molecule has 0 aliphatic rings. The predicted molar refractivity (Wildman–Crippen MR) is 67.4 cm³/mol. The first-order valence-electron chi connectivity index (χ1n) is 4.87. The van der Waals surface area contributed by atoms with Crippen molar-refractivity contribution in [3.63, 3.8) is 0 Å². The molecule has 0 bridgehead atoms. The second-order valence-corrected chi connectivity index (χ2v) is 6.06. The lowest BCUT2D eigenvalue weighted by Gasteiger charge is -2.14. The molecule has 16 heavy (non-hydrogen) atoms. The molecule has 4 nitrogen and oxygen atoms in total. The Morgan fingerprint density at radius 1 is 1.44 bits per heavy atom. The molecule has 0 saturated carbocycles. The van der Waals surface area contributed by atoms with E-state index >= 15 is 0 Å². The summed E-state index contributed by atoms with van der Waals surface area (Å²) in [5.41, 5.74) is 0.482. The first kappa shape index (κ1) is 13.3. The zero-order valence-electron chi connectivity index (χ0n) is 9.20. The van der Waals surface area contributed by atoms with Crippen LogP contribution in [0, 0.1) is 0 Å². The molecule has 2 N–H and O–H groups in total. The van der Waals surface area contributed by atoms with Crippen LogP contribution in [-0.4, -0.2) is 27.3 Å². The van der Waals surface area contributed by atoms with E-state index in [0.717, 1.165) is 0 Å². The first-order valence-corrected chi connectivity index (χ1v) is 6.80. The summed E-state index contributed by atoms with van der Waals surface area (Å²) in [7, 11) is -1.65. The highest BCUT2D eigenvalue weighted by Gasteiger charge is 2.19. The van der Waals surface area contributed by atoms with E-state index in [-0.39, 0.29) is 0 Å². The van der Waals surface area contributed by atoms with E-state index in [1.807, 2.05) is 0 Å². The molecule has 1 rings (SSSR count). The Balaban J connectivity index is 2.80. The van der Waals surface area contributed by atoms with Crippen LogP contribution in [0.25, 0.3) is 0 Å². The maximum absolute atomic E-state index is 11.8. The van der Waals surface area contributed by atoms with Gasteiger partial charge in [0.15, 0.2) is 0 Å². The van der Waals surface area contributed by atoms with E-state index in [2.05, 4.69) is 10.0 Å². The van der Waals surface area contributed by atoms with Gasteiger partial charge >= 0.3 is 0 Å². The van der Waals surface area contributed by atoms with Crippen LogP contribution in [0.4, 0.5) is 5.69 Å². The molecule has 0 saturated heterocycles. The monoisotopic (exact) mass is 262 g/mol. The van der Waals surface area contributed by atoms with Gasteiger partial charge in [-0.2, -0.15) is 0 Å². The second kappa shape index (κ2) is 5.52. The number of hydrogen-bond donors (Lipinski definition) is 2. The molecule has 1 aromatic carbocycles. The molecule has 1 aromatic rings. The van der Waals surface area contributed by atoms with Crippen LogP contribution in [0.5, 0.6) is 0 Å². The Morgan fingerprint density at radius 2 is 2.12 bits per heavy atom. The van der Waals surface area contributed by atoms with Gasteiger partial charge in [0.05, 0.1) is 5.25 Å². The second-order valence-electron chi connectivity index (χ2n) is 3.53. The minimum Gasteiger partial charge on any atom is -0.318 e. The third kappa shape index (κ3) is 3.66. The van der Waals surface area contributed by atoms with Crippen molar-refractivity contribution in [2.45, 2.75) is 12.2 Å². The van der Waals surface area contributed by atoms with E-state index in [0.29, 0.717) is 17.3 Å². The fourth-order valence-corrected chi connectivity index (χ4v) is 2.45. The lowest BCUT2D eigenvalue weighted by Crippen LogP contribution is -2.33. The van der Waals surface area contributed by atoms with Crippen LogP contribution in [-0.2, 0) is 10.0 Å². The highest BCUT2D eigenvalue weighted by Crippen LogP contribution is 2.17. The molecule has 0 heterocycles. The van der Waals surface area contributed by atoms with Crippen LogP contribution >= 0.6 is 11.6 Å². The van der Waals surface area contributed by atoms with Crippen molar-refractivity contribution in [2.24, 2.45) is 0 Å². The average molecular weight is 263 g/mol. The van der Waals surface area contributed by atoms with Crippen LogP contribution in [0.3, 0.4) is 0 Å². The van der Waals surface area contributed by atoms with Gasteiger partial charge in [0.1, 0.15) is 0 Å². The van der Waals surface area contributed by atoms with Crippen molar-refractivity contribution in [1.82, 2.24) is 5.32 Å². The lowest BCUT2D eigenvalue weighted by atomic mass is 10.3. The van der Waals surface area contributed by atoms with Gasteiger partial charge in [-0.1, -0.05) is 17.7 Å².